The fourth-order valence-corrected chi connectivity index (χ4v) is 3.69. The first-order valence-corrected chi connectivity index (χ1v) is 7.88. The van der Waals surface area contributed by atoms with E-state index in [1.54, 1.807) is 0 Å². The first-order valence-electron chi connectivity index (χ1n) is 7.88. The SMILES string of the molecule is O=C(N[C@@H]1C[C@H]2CCN(C2)C1)c1cc2occ(C(F)(F)F)c2cn1. The molecule has 2 bridgehead atoms. The molecule has 2 fully saturated rings. The van der Waals surface area contributed by atoms with E-state index in [-0.39, 0.29) is 28.6 Å². The van der Waals surface area contributed by atoms with Gasteiger partial charge in [0.15, 0.2) is 0 Å². The summed E-state index contributed by atoms with van der Waals surface area (Å²) in [4.78, 5) is 18.5. The van der Waals surface area contributed by atoms with Gasteiger partial charge in [0.25, 0.3) is 5.91 Å². The first kappa shape index (κ1) is 15.4. The Morgan fingerprint density at radius 2 is 2.21 bits per heavy atom. The number of carbonyl (C=O) groups is 1. The van der Waals surface area contributed by atoms with Crippen LogP contribution in [0.1, 0.15) is 28.9 Å². The van der Waals surface area contributed by atoms with Gasteiger partial charge in [0.05, 0.1) is 5.39 Å². The van der Waals surface area contributed by atoms with E-state index in [0.717, 1.165) is 38.7 Å². The molecule has 1 unspecified atom stereocenters. The van der Waals surface area contributed by atoms with Crippen molar-refractivity contribution in [3.63, 3.8) is 0 Å². The number of hydrogen-bond acceptors (Lipinski definition) is 4. The molecule has 2 aromatic rings. The lowest BCUT2D eigenvalue weighted by molar-refractivity contribution is -0.136. The van der Waals surface area contributed by atoms with Crippen molar-refractivity contribution >= 4 is 16.9 Å². The van der Waals surface area contributed by atoms with Crippen molar-refractivity contribution in [3.8, 4) is 0 Å². The van der Waals surface area contributed by atoms with Crippen LogP contribution in [0.4, 0.5) is 13.2 Å². The van der Waals surface area contributed by atoms with Gasteiger partial charge in [-0.25, -0.2) is 0 Å². The summed E-state index contributed by atoms with van der Waals surface area (Å²) >= 11 is 0. The van der Waals surface area contributed by atoms with E-state index >= 15 is 0 Å². The highest BCUT2D eigenvalue weighted by atomic mass is 19.4. The molecule has 24 heavy (non-hydrogen) atoms. The zero-order valence-corrected chi connectivity index (χ0v) is 12.8. The van der Waals surface area contributed by atoms with Crippen LogP contribution in [-0.4, -0.2) is 41.5 Å². The predicted molar refractivity (Wildman–Crippen MR) is 79.4 cm³/mol. The van der Waals surface area contributed by atoms with Gasteiger partial charge in [0, 0.05) is 31.4 Å². The molecule has 0 aliphatic carbocycles. The van der Waals surface area contributed by atoms with Gasteiger partial charge >= 0.3 is 6.18 Å². The molecule has 4 heterocycles. The summed E-state index contributed by atoms with van der Waals surface area (Å²) in [6.07, 6.45) is -0.718. The smallest absolute Gasteiger partial charge is 0.420 e. The highest BCUT2D eigenvalue weighted by molar-refractivity contribution is 5.96. The van der Waals surface area contributed by atoms with Crippen molar-refractivity contribution in [1.82, 2.24) is 15.2 Å². The number of halogens is 3. The Bertz CT molecular complexity index is 774. The third-order valence-corrected chi connectivity index (χ3v) is 4.80. The Balaban J connectivity index is 1.52. The molecule has 2 aromatic heterocycles. The topological polar surface area (TPSA) is 58.4 Å². The zero-order chi connectivity index (χ0) is 16.9. The molecule has 4 rings (SSSR count). The minimum absolute atomic E-state index is 0.00920. The fraction of sp³-hybridized carbons (Fsp3) is 0.500. The lowest BCUT2D eigenvalue weighted by Gasteiger charge is -2.30. The molecule has 3 atom stereocenters. The molecule has 0 aromatic carbocycles. The predicted octanol–water partition coefficient (Wildman–Crippen LogP) is 2.67. The minimum atomic E-state index is -4.51. The largest absolute Gasteiger partial charge is 0.464 e. The van der Waals surface area contributed by atoms with Gasteiger partial charge in [-0.15, -0.1) is 0 Å². The van der Waals surface area contributed by atoms with Crippen LogP contribution in [0.25, 0.3) is 11.0 Å². The Labute approximate surface area is 135 Å². The molecule has 1 N–H and O–H groups in total. The highest BCUT2D eigenvalue weighted by Gasteiger charge is 2.35. The van der Waals surface area contributed by atoms with Crippen LogP contribution in [0.3, 0.4) is 0 Å². The summed E-state index contributed by atoms with van der Waals surface area (Å²) in [5, 5.41) is 2.79. The van der Waals surface area contributed by atoms with Crippen molar-refractivity contribution < 1.29 is 22.4 Å². The van der Waals surface area contributed by atoms with E-state index in [4.69, 9.17) is 4.42 Å². The molecule has 1 amide bonds. The minimum Gasteiger partial charge on any atom is -0.464 e. The number of pyridine rings is 1. The molecule has 2 aliphatic heterocycles. The summed E-state index contributed by atoms with van der Waals surface area (Å²) in [7, 11) is 0. The first-order chi connectivity index (χ1) is 11.4. The summed E-state index contributed by atoms with van der Waals surface area (Å²) < 4.78 is 43.4. The quantitative estimate of drug-likeness (QED) is 0.914. The highest BCUT2D eigenvalue weighted by Crippen LogP contribution is 2.35. The maximum atomic E-state index is 12.8. The van der Waals surface area contributed by atoms with Crippen molar-refractivity contribution in [2.45, 2.75) is 25.1 Å². The molecule has 2 saturated heterocycles. The van der Waals surface area contributed by atoms with E-state index in [2.05, 4.69) is 15.2 Å². The molecule has 8 heteroatoms. The van der Waals surface area contributed by atoms with E-state index < -0.39 is 11.7 Å². The monoisotopic (exact) mass is 339 g/mol. The third-order valence-electron chi connectivity index (χ3n) is 4.80. The van der Waals surface area contributed by atoms with Gasteiger partial charge in [-0.2, -0.15) is 13.2 Å². The Kier molecular flexibility index (Phi) is 3.52. The van der Waals surface area contributed by atoms with E-state index in [1.165, 1.54) is 6.07 Å². The van der Waals surface area contributed by atoms with Gasteiger partial charge in [-0.1, -0.05) is 0 Å². The van der Waals surface area contributed by atoms with Crippen LogP contribution >= 0.6 is 0 Å². The second-order valence-electron chi connectivity index (χ2n) is 6.53. The number of piperidine rings is 1. The van der Waals surface area contributed by atoms with E-state index in [1.807, 2.05) is 0 Å². The molecule has 0 radical (unpaired) electrons. The van der Waals surface area contributed by atoms with Crippen LogP contribution in [-0.2, 0) is 6.18 Å². The summed E-state index contributed by atoms with van der Waals surface area (Å²) in [6, 6.07) is 1.32. The molecule has 128 valence electrons. The Morgan fingerprint density at radius 3 is 2.96 bits per heavy atom. The zero-order valence-electron chi connectivity index (χ0n) is 12.8. The lowest BCUT2D eigenvalue weighted by Crippen LogP contribution is -2.47. The van der Waals surface area contributed by atoms with Crippen molar-refractivity contribution in [3.05, 3.63) is 29.8 Å². The van der Waals surface area contributed by atoms with Gasteiger partial charge in [0.2, 0.25) is 0 Å². The normalized spacial score (nSPS) is 26.7. The van der Waals surface area contributed by atoms with Crippen molar-refractivity contribution in [2.75, 3.05) is 19.6 Å². The number of rotatable bonds is 2. The number of amides is 1. The van der Waals surface area contributed by atoms with Gasteiger partial charge in [0.1, 0.15) is 23.1 Å². The van der Waals surface area contributed by atoms with Gasteiger partial charge in [-0.3, -0.25) is 9.78 Å². The number of furan rings is 1. The van der Waals surface area contributed by atoms with Crippen molar-refractivity contribution in [1.29, 1.82) is 0 Å². The lowest BCUT2D eigenvalue weighted by atomic mass is 9.97. The summed E-state index contributed by atoms with van der Waals surface area (Å²) in [5.41, 5.74) is -0.804. The maximum absolute atomic E-state index is 12.8. The average molecular weight is 339 g/mol. The second-order valence-corrected chi connectivity index (χ2v) is 6.53. The number of hydrogen-bond donors (Lipinski definition) is 1. The average Bonchev–Trinajstić information content (AvgIpc) is 3.09. The van der Waals surface area contributed by atoms with Gasteiger partial charge < -0.3 is 14.6 Å². The number of alkyl halides is 3. The van der Waals surface area contributed by atoms with Crippen LogP contribution in [0.5, 0.6) is 0 Å². The van der Waals surface area contributed by atoms with Crippen LogP contribution in [0.2, 0.25) is 0 Å². The Morgan fingerprint density at radius 1 is 1.38 bits per heavy atom. The number of aromatic nitrogens is 1. The molecule has 2 aliphatic rings. The van der Waals surface area contributed by atoms with E-state index in [0.29, 0.717) is 12.2 Å². The molecule has 0 spiro atoms. The second kappa shape index (κ2) is 5.47. The molecule has 5 nitrogen and oxygen atoms in total. The third kappa shape index (κ3) is 2.75. The summed E-state index contributed by atoms with van der Waals surface area (Å²) in [5.74, 6) is 0.230. The number of nitrogens with one attached hydrogen (secondary N) is 1. The fourth-order valence-electron chi connectivity index (χ4n) is 3.69. The van der Waals surface area contributed by atoms with Crippen LogP contribution in [0.15, 0.2) is 22.9 Å². The number of fused-ring (bicyclic) bond motifs is 3. The molecule has 0 saturated carbocycles. The summed E-state index contributed by atoms with van der Waals surface area (Å²) in [6.45, 7) is 2.96. The maximum Gasteiger partial charge on any atom is 0.420 e. The standard InChI is InChI=1S/C16H16F3N3O2/c17-16(18,19)12-8-24-14-4-13(20-5-11(12)14)15(23)21-10-3-9-1-2-22(6-9)7-10/h4-5,8-10H,1-3,6-7H2,(H,21,23)/t9-,10-/m1/s1. The molecular formula is C16H16F3N3O2. The Hall–Kier alpha value is -2.09. The molecular weight excluding hydrogens is 323 g/mol. The van der Waals surface area contributed by atoms with Crippen LogP contribution < -0.4 is 5.32 Å². The van der Waals surface area contributed by atoms with Crippen LogP contribution in [0, 0.1) is 5.92 Å². The number of nitrogens with zero attached hydrogens (tertiary/aromatic N) is 2. The van der Waals surface area contributed by atoms with Crippen molar-refractivity contribution in [2.24, 2.45) is 5.92 Å². The number of carbonyl (C=O) groups excluding carboxylic acids is 1. The van der Waals surface area contributed by atoms with E-state index in [9.17, 15) is 18.0 Å². The van der Waals surface area contributed by atoms with Gasteiger partial charge in [-0.05, 0) is 25.3 Å².